The number of benzene rings is 1. The van der Waals surface area contributed by atoms with E-state index in [-0.39, 0.29) is 31.5 Å². The van der Waals surface area contributed by atoms with Crippen molar-refractivity contribution in [2.24, 2.45) is 0 Å². The summed E-state index contributed by atoms with van der Waals surface area (Å²) in [6.07, 6.45) is 0. The van der Waals surface area contributed by atoms with E-state index >= 15 is 0 Å². The molecule has 0 saturated carbocycles. The Kier molecular flexibility index (Phi) is 8.64. The summed E-state index contributed by atoms with van der Waals surface area (Å²) >= 11 is 8.95. The van der Waals surface area contributed by atoms with Crippen LogP contribution in [0, 0.1) is 17.4 Å². The van der Waals surface area contributed by atoms with Crippen LogP contribution in [0.1, 0.15) is 27.9 Å². The highest BCUT2D eigenvalue weighted by Gasteiger charge is 2.17. The van der Waals surface area contributed by atoms with Gasteiger partial charge in [-0.3, -0.25) is 14.3 Å². The number of ether oxygens (including phenoxy) is 1. The molecule has 0 bridgehead atoms. The number of amides is 2. The fourth-order valence-corrected chi connectivity index (χ4v) is 4.16. The van der Waals surface area contributed by atoms with Gasteiger partial charge < -0.3 is 19.9 Å². The number of nitrogens with zero attached hydrogens (tertiary/aromatic N) is 4. The molecule has 0 aliphatic heterocycles. The monoisotopic (exact) mass is 680 g/mol. The number of halogens is 3. The minimum atomic E-state index is -0.518. The fourth-order valence-electron chi connectivity index (χ4n) is 2.61. The van der Waals surface area contributed by atoms with Gasteiger partial charge in [-0.2, -0.15) is 10.1 Å². The van der Waals surface area contributed by atoms with E-state index in [2.05, 4.69) is 80.3 Å². The predicted octanol–water partition coefficient (Wildman–Crippen LogP) is 2.99. The lowest BCUT2D eigenvalue weighted by Crippen LogP contribution is -2.36. The molecule has 10 nitrogen and oxygen atoms in total. The molecule has 13 heteroatoms. The summed E-state index contributed by atoms with van der Waals surface area (Å²) in [5, 5.41) is 13.5. The number of nitrogens with one attached hydrogen (secondary N) is 2. The summed E-state index contributed by atoms with van der Waals surface area (Å²) in [5.74, 6) is -0.0728. The standard InChI is InChI=1S/C19H19Br2IN6O4/c1-10-17(22)11(2)28(26-10)8-15-25-19(32-27-15)18(30)24-6-5-23-16(29)9-31-14-4-3-12(20)7-13(14)21/h3-4,7H,5-6,8-9H2,1-2H3,(H,23,29)(H,24,30). The number of carbonyl (C=O) groups excluding carboxylic acids is 2. The van der Waals surface area contributed by atoms with Crippen molar-refractivity contribution < 1.29 is 18.8 Å². The largest absolute Gasteiger partial charge is 0.483 e. The maximum atomic E-state index is 12.2. The van der Waals surface area contributed by atoms with E-state index in [0.717, 1.165) is 23.9 Å². The summed E-state index contributed by atoms with van der Waals surface area (Å²) in [5.41, 5.74) is 1.91. The normalized spacial score (nSPS) is 10.8. The molecule has 0 radical (unpaired) electrons. The zero-order valence-corrected chi connectivity index (χ0v) is 22.4. The van der Waals surface area contributed by atoms with Gasteiger partial charge in [0.1, 0.15) is 12.3 Å². The lowest BCUT2D eigenvalue weighted by Gasteiger charge is -2.09. The van der Waals surface area contributed by atoms with Crippen LogP contribution in [-0.2, 0) is 11.3 Å². The smallest absolute Gasteiger partial charge is 0.316 e. The quantitative estimate of drug-likeness (QED) is 0.263. The van der Waals surface area contributed by atoms with Crippen molar-refractivity contribution in [3.63, 3.8) is 0 Å². The van der Waals surface area contributed by atoms with Gasteiger partial charge in [0.15, 0.2) is 12.4 Å². The molecule has 0 unspecified atom stereocenters. The first-order valence-corrected chi connectivity index (χ1v) is 12.1. The van der Waals surface area contributed by atoms with Gasteiger partial charge in [0.25, 0.3) is 5.91 Å². The summed E-state index contributed by atoms with van der Waals surface area (Å²) in [6, 6.07) is 5.38. The number of aryl methyl sites for hydroxylation is 1. The highest BCUT2D eigenvalue weighted by atomic mass is 127. The highest BCUT2D eigenvalue weighted by Crippen LogP contribution is 2.28. The summed E-state index contributed by atoms with van der Waals surface area (Å²) < 4.78 is 14.9. The fraction of sp³-hybridized carbons (Fsp3) is 0.316. The average molecular weight is 682 g/mol. The topological polar surface area (TPSA) is 124 Å². The van der Waals surface area contributed by atoms with Crippen LogP contribution in [0.3, 0.4) is 0 Å². The van der Waals surface area contributed by atoms with E-state index in [1.165, 1.54) is 0 Å². The van der Waals surface area contributed by atoms with Crippen LogP contribution in [0.5, 0.6) is 5.75 Å². The summed E-state index contributed by atoms with van der Waals surface area (Å²) in [4.78, 5) is 28.2. The number of carbonyl (C=O) groups is 2. The van der Waals surface area contributed by atoms with Gasteiger partial charge in [0.05, 0.1) is 13.7 Å². The van der Waals surface area contributed by atoms with Gasteiger partial charge in [0.2, 0.25) is 0 Å². The Bertz CT molecular complexity index is 1130. The van der Waals surface area contributed by atoms with Crippen LogP contribution in [0.2, 0.25) is 0 Å². The Balaban J connectivity index is 1.39. The first-order valence-electron chi connectivity index (χ1n) is 9.39. The van der Waals surface area contributed by atoms with Gasteiger partial charge in [-0.1, -0.05) is 21.1 Å². The molecule has 0 aliphatic rings. The Labute approximate surface area is 214 Å². The minimum absolute atomic E-state index is 0.146. The molecule has 3 rings (SSSR count). The van der Waals surface area contributed by atoms with E-state index < -0.39 is 5.91 Å². The molecule has 0 aliphatic carbocycles. The van der Waals surface area contributed by atoms with Crippen LogP contribution in [-0.4, -0.2) is 51.4 Å². The highest BCUT2D eigenvalue weighted by molar-refractivity contribution is 14.1. The van der Waals surface area contributed by atoms with Crippen LogP contribution >= 0.6 is 54.5 Å². The SMILES string of the molecule is Cc1nn(Cc2noc(C(=O)NCCNC(=O)COc3ccc(Br)cc3Br)n2)c(C)c1I. The third kappa shape index (κ3) is 6.51. The van der Waals surface area contributed by atoms with Gasteiger partial charge in [-0.25, -0.2) is 0 Å². The minimum Gasteiger partial charge on any atom is -0.483 e. The maximum Gasteiger partial charge on any atom is 0.316 e. The third-order valence-corrected chi connectivity index (χ3v) is 6.91. The van der Waals surface area contributed by atoms with E-state index in [1.54, 1.807) is 10.7 Å². The molecule has 1 aromatic carbocycles. The second-order valence-electron chi connectivity index (χ2n) is 6.63. The van der Waals surface area contributed by atoms with Crippen molar-refractivity contribution in [2.75, 3.05) is 19.7 Å². The molecule has 32 heavy (non-hydrogen) atoms. The Morgan fingerprint density at radius 1 is 1.22 bits per heavy atom. The van der Waals surface area contributed by atoms with E-state index in [4.69, 9.17) is 9.26 Å². The van der Waals surface area contributed by atoms with Crippen LogP contribution in [0.25, 0.3) is 0 Å². The predicted molar refractivity (Wildman–Crippen MR) is 130 cm³/mol. The number of hydrogen-bond donors (Lipinski definition) is 2. The molecule has 2 amide bonds. The second kappa shape index (κ2) is 11.2. The molecule has 2 N–H and O–H groups in total. The van der Waals surface area contributed by atoms with Crippen molar-refractivity contribution in [2.45, 2.75) is 20.4 Å². The second-order valence-corrected chi connectivity index (χ2v) is 9.48. The summed E-state index contributed by atoms with van der Waals surface area (Å²) in [6.45, 7) is 4.45. The number of aromatic nitrogens is 4. The molecule has 2 heterocycles. The first kappa shape index (κ1) is 24.6. The molecule has 0 spiro atoms. The van der Waals surface area contributed by atoms with Crippen LogP contribution in [0.4, 0.5) is 0 Å². The van der Waals surface area contributed by atoms with E-state index in [9.17, 15) is 9.59 Å². The molecule has 170 valence electrons. The number of rotatable bonds is 9. The molecule has 0 fully saturated rings. The van der Waals surface area contributed by atoms with Crippen molar-refractivity contribution in [3.8, 4) is 5.75 Å². The van der Waals surface area contributed by atoms with Crippen molar-refractivity contribution >= 4 is 66.3 Å². The van der Waals surface area contributed by atoms with Crippen molar-refractivity contribution in [1.29, 1.82) is 0 Å². The Morgan fingerprint density at radius 3 is 2.66 bits per heavy atom. The van der Waals surface area contributed by atoms with Crippen molar-refractivity contribution in [3.05, 3.63) is 53.8 Å². The van der Waals surface area contributed by atoms with E-state index in [0.29, 0.717) is 18.1 Å². The third-order valence-electron chi connectivity index (χ3n) is 4.23. The van der Waals surface area contributed by atoms with Crippen LogP contribution in [0.15, 0.2) is 31.7 Å². The molecule has 2 aromatic heterocycles. The zero-order valence-electron chi connectivity index (χ0n) is 17.1. The lowest BCUT2D eigenvalue weighted by molar-refractivity contribution is -0.123. The van der Waals surface area contributed by atoms with Crippen molar-refractivity contribution in [1.82, 2.24) is 30.6 Å². The maximum absolute atomic E-state index is 12.2. The Hall–Kier alpha value is -2.00. The van der Waals surface area contributed by atoms with Gasteiger partial charge in [0, 0.05) is 23.3 Å². The lowest BCUT2D eigenvalue weighted by atomic mass is 10.3. The molecule has 0 atom stereocenters. The molecule has 0 saturated heterocycles. The summed E-state index contributed by atoms with van der Waals surface area (Å²) in [7, 11) is 0. The number of hydrogen-bond acceptors (Lipinski definition) is 7. The van der Waals surface area contributed by atoms with Crippen LogP contribution < -0.4 is 15.4 Å². The zero-order chi connectivity index (χ0) is 23.3. The van der Waals surface area contributed by atoms with Gasteiger partial charge in [-0.05, 0) is 70.6 Å². The first-order chi connectivity index (χ1) is 15.2. The molecule has 3 aromatic rings. The molecular weight excluding hydrogens is 663 g/mol. The van der Waals surface area contributed by atoms with Gasteiger partial charge in [-0.15, -0.1) is 0 Å². The Morgan fingerprint density at radius 2 is 1.97 bits per heavy atom. The van der Waals surface area contributed by atoms with E-state index in [1.807, 2.05) is 26.0 Å². The molecular formula is C19H19Br2IN6O4. The average Bonchev–Trinajstić information content (AvgIpc) is 3.31. The van der Waals surface area contributed by atoms with Gasteiger partial charge >= 0.3 is 11.8 Å².